The summed E-state index contributed by atoms with van der Waals surface area (Å²) < 4.78 is 37.1. The molecule has 0 unspecified atom stereocenters. The molecule has 0 saturated heterocycles. The number of amides is 1. The van der Waals surface area contributed by atoms with Crippen molar-refractivity contribution in [1.29, 1.82) is 0 Å². The van der Waals surface area contributed by atoms with Gasteiger partial charge < -0.3 is 9.88 Å². The van der Waals surface area contributed by atoms with Crippen LogP contribution >= 0.6 is 0 Å². The maximum absolute atomic E-state index is 12.4. The first kappa shape index (κ1) is 14.3. The standard InChI is InChI=1S/C11H13F3N2O2/c1-7(2)16(6-11(12,13)14)10(18)8-5-15-4-3-9(8)17/h3-5,7H,6H2,1-2H3,(H,15,17). The second-order valence-corrected chi connectivity index (χ2v) is 4.06. The van der Waals surface area contributed by atoms with Crippen LogP contribution < -0.4 is 5.43 Å². The molecule has 0 saturated carbocycles. The summed E-state index contributed by atoms with van der Waals surface area (Å²) in [4.78, 5) is 26.4. The molecule has 0 radical (unpaired) electrons. The van der Waals surface area contributed by atoms with E-state index < -0.39 is 30.1 Å². The predicted octanol–water partition coefficient (Wildman–Crippen LogP) is 1.79. The molecule has 1 amide bonds. The van der Waals surface area contributed by atoms with E-state index in [2.05, 4.69) is 4.98 Å². The summed E-state index contributed by atoms with van der Waals surface area (Å²) in [6.07, 6.45) is -2.08. The molecule has 1 aromatic heterocycles. The SMILES string of the molecule is CC(C)N(CC(F)(F)F)C(=O)c1c[nH]ccc1=O. The number of aromatic nitrogens is 1. The summed E-state index contributed by atoms with van der Waals surface area (Å²) in [5, 5.41) is 0. The number of aromatic amines is 1. The summed E-state index contributed by atoms with van der Waals surface area (Å²) in [6.45, 7) is 1.54. The minimum Gasteiger partial charge on any atom is -0.367 e. The fourth-order valence-electron chi connectivity index (χ4n) is 1.42. The zero-order chi connectivity index (χ0) is 13.9. The molecule has 18 heavy (non-hydrogen) atoms. The van der Waals surface area contributed by atoms with Crippen LogP contribution in [0.25, 0.3) is 0 Å². The van der Waals surface area contributed by atoms with E-state index in [1.165, 1.54) is 20.0 Å². The van der Waals surface area contributed by atoms with Gasteiger partial charge in [0, 0.05) is 24.5 Å². The van der Waals surface area contributed by atoms with Gasteiger partial charge in [-0.1, -0.05) is 0 Å². The van der Waals surface area contributed by atoms with Crippen molar-refractivity contribution in [1.82, 2.24) is 9.88 Å². The molecular formula is C11H13F3N2O2. The number of carbonyl (C=O) groups is 1. The van der Waals surface area contributed by atoms with Gasteiger partial charge in [0.1, 0.15) is 12.1 Å². The van der Waals surface area contributed by atoms with E-state index >= 15 is 0 Å². The first-order valence-corrected chi connectivity index (χ1v) is 5.27. The molecule has 0 aromatic carbocycles. The summed E-state index contributed by atoms with van der Waals surface area (Å²) in [5.74, 6) is -0.927. The van der Waals surface area contributed by atoms with E-state index in [1.54, 1.807) is 0 Å². The summed E-state index contributed by atoms with van der Waals surface area (Å²) in [7, 11) is 0. The predicted molar refractivity (Wildman–Crippen MR) is 59.3 cm³/mol. The van der Waals surface area contributed by atoms with Gasteiger partial charge in [-0.2, -0.15) is 13.2 Å². The number of hydrogen-bond donors (Lipinski definition) is 1. The van der Waals surface area contributed by atoms with Crippen LogP contribution in [0.1, 0.15) is 24.2 Å². The van der Waals surface area contributed by atoms with E-state index in [1.807, 2.05) is 0 Å². The maximum atomic E-state index is 12.4. The lowest BCUT2D eigenvalue weighted by atomic mass is 10.2. The molecule has 0 atom stereocenters. The molecule has 1 aromatic rings. The maximum Gasteiger partial charge on any atom is 0.406 e. The van der Waals surface area contributed by atoms with Gasteiger partial charge in [-0.05, 0) is 13.8 Å². The van der Waals surface area contributed by atoms with Crippen LogP contribution in [0.5, 0.6) is 0 Å². The average Bonchev–Trinajstić information content (AvgIpc) is 2.24. The second-order valence-electron chi connectivity index (χ2n) is 4.06. The minimum absolute atomic E-state index is 0.296. The highest BCUT2D eigenvalue weighted by atomic mass is 19.4. The molecule has 0 aliphatic carbocycles. The highest BCUT2D eigenvalue weighted by Crippen LogP contribution is 2.19. The van der Waals surface area contributed by atoms with Crippen molar-refractivity contribution in [3.05, 3.63) is 34.2 Å². The third-order valence-corrected chi connectivity index (χ3v) is 2.29. The van der Waals surface area contributed by atoms with E-state index in [-0.39, 0.29) is 5.56 Å². The Hall–Kier alpha value is -1.79. The lowest BCUT2D eigenvalue weighted by molar-refractivity contribution is -0.143. The van der Waals surface area contributed by atoms with Gasteiger partial charge in [-0.15, -0.1) is 0 Å². The number of nitrogens with zero attached hydrogens (tertiary/aromatic N) is 1. The Labute approximate surface area is 101 Å². The number of pyridine rings is 1. The van der Waals surface area contributed by atoms with Crippen molar-refractivity contribution in [3.63, 3.8) is 0 Å². The fourth-order valence-corrected chi connectivity index (χ4v) is 1.42. The van der Waals surface area contributed by atoms with E-state index in [0.717, 1.165) is 12.3 Å². The fraction of sp³-hybridized carbons (Fsp3) is 0.455. The van der Waals surface area contributed by atoms with Crippen molar-refractivity contribution in [2.24, 2.45) is 0 Å². The van der Waals surface area contributed by atoms with Crippen LogP contribution in [-0.4, -0.2) is 34.6 Å². The quantitative estimate of drug-likeness (QED) is 0.902. The van der Waals surface area contributed by atoms with Crippen molar-refractivity contribution >= 4 is 5.91 Å². The lowest BCUT2D eigenvalue weighted by Gasteiger charge is -2.27. The van der Waals surface area contributed by atoms with Gasteiger partial charge in [0.25, 0.3) is 5.91 Å². The van der Waals surface area contributed by atoms with Gasteiger partial charge >= 0.3 is 6.18 Å². The van der Waals surface area contributed by atoms with Gasteiger partial charge in [0.15, 0.2) is 5.43 Å². The summed E-state index contributed by atoms with van der Waals surface area (Å²) in [6, 6.07) is 0.443. The molecule has 0 bridgehead atoms. The van der Waals surface area contributed by atoms with Crippen LogP contribution in [-0.2, 0) is 0 Å². The molecule has 1 rings (SSSR count). The van der Waals surface area contributed by atoms with E-state index in [0.29, 0.717) is 4.90 Å². The number of nitrogens with one attached hydrogen (secondary N) is 1. The largest absolute Gasteiger partial charge is 0.406 e. The molecular weight excluding hydrogens is 249 g/mol. The van der Waals surface area contributed by atoms with E-state index in [4.69, 9.17) is 0 Å². The Bertz CT molecular complexity index is 480. The number of rotatable bonds is 3. The zero-order valence-electron chi connectivity index (χ0n) is 9.91. The Kier molecular flexibility index (Phi) is 4.15. The molecule has 100 valence electrons. The van der Waals surface area contributed by atoms with Gasteiger partial charge in [-0.3, -0.25) is 9.59 Å². The third kappa shape index (κ3) is 3.61. The molecule has 0 aliphatic rings. The smallest absolute Gasteiger partial charge is 0.367 e. The molecule has 1 heterocycles. The molecule has 0 fully saturated rings. The first-order valence-electron chi connectivity index (χ1n) is 5.27. The Balaban J connectivity index is 3.05. The Morgan fingerprint density at radius 3 is 2.50 bits per heavy atom. The molecule has 0 spiro atoms. The van der Waals surface area contributed by atoms with E-state index in [9.17, 15) is 22.8 Å². The van der Waals surface area contributed by atoms with Crippen LogP contribution in [0.2, 0.25) is 0 Å². The first-order chi connectivity index (χ1) is 8.22. The third-order valence-electron chi connectivity index (χ3n) is 2.29. The van der Waals surface area contributed by atoms with Crippen molar-refractivity contribution in [2.75, 3.05) is 6.54 Å². The second kappa shape index (κ2) is 5.24. The van der Waals surface area contributed by atoms with Gasteiger partial charge in [0.2, 0.25) is 0 Å². The summed E-state index contributed by atoms with van der Waals surface area (Å²) >= 11 is 0. The van der Waals surface area contributed by atoms with Crippen LogP contribution in [0.4, 0.5) is 13.2 Å². The topological polar surface area (TPSA) is 53.2 Å². The monoisotopic (exact) mass is 262 g/mol. The molecule has 7 heteroatoms. The van der Waals surface area contributed by atoms with Crippen LogP contribution in [0, 0.1) is 0 Å². The minimum atomic E-state index is -4.50. The van der Waals surface area contributed by atoms with Crippen molar-refractivity contribution in [3.8, 4) is 0 Å². The highest BCUT2D eigenvalue weighted by Gasteiger charge is 2.35. The van der Waals surface area contributed by atoms with Crippen LogP contribution in [0.15, 0.2) is 23.3 Å². The number of carbonyl (C=O) groups excluding carboxylic acids is 1. The zero-order valence-corrected chi connectivity index (χ0v) is 9.91. The average molecular weight is 262 g/mol. The highest BCUT2D eigenvalue weighted by molar-refractivity contribution is 5.94. The number of hydrogen-bond acceptors (Lipinski definition) is 2. The molecule has 0 aliphatic heterocycles. The molecule has 4 nitrogen and oxygen atoms in total. The number of alkyl halides is 3. The van der Waals surface area contributed by atoms with Gasteiger partial charge in [0.05, 0.1) is 0 Å². The summed E-state index contributed by atoms with van der Waals surface area (Å²) in [5.41, 5.74) is -0.901. The van der Waals surface area contributed by atoms with Crippen LogP contribution in [0.3, 0.4) is 0 Å². The Morgan fingerprint density at radius 2 is 2.06 bits per heavy atom. The number of H-pyrrole nitrogens is 1. The van der Waals surface area contributed by atoms with Crippen molar-refractivity contribution in [2.45, 2.75) is 26.1 Å². The Morgan fingerprint density at radius 1 is 1.44 bits per heavy atom. The normalized spacial score (nSPS) is 11.7. The number of halogens is 3. The molecule has 1 N–H and O–H groups in total. The van der Waals surface area contributed by atoms with Gasteiger partial charge in [-0.25, -0.2) is 0 Å². The lowest BCUT2D eigenvalue weighted by Crippen LogP contribution is -2.44. The van der Waals surface area contributed by atoms with Crippen molar-refractivity contribution < 1.29 is 18.0 Å².